The highest BCUT2D eigenvalue weighted by Gasteiger charge is 2.56. The van der Waals surface area contributed by atoms with Gasteiger partial charge in [0.15, 0.2) is 15.6 Å². The molecule has 1 aromatic rings. The van der Waals surface area contributed by atoms with Gasteiger partial charge in [0.2, 0.25) is 5.88 Å². The smallest absolute Gasteiger partial charge is 0.312 e. The maximum atomic E-state index is 13.8. The summed E-state index contributed by atoms with van der Waals surface area (Å²) >= 11 is 0. The van der Waals surface area contributed by atoms with E-state index in [1.54, 1.807) is 4.68 Å². The van der Waals surface area contributed by atoms with Crippen molar-refractivity contribution in [2.75, 3.05) is 5.75 Å². The highest BCUT2D eigenvalue weighted by Crippen LogP contribution is 2.54. The van der Waals surface area contributed by atoms with Gasteiger partial charge in [0, 0.05) is 18.9 Å². The lowest BCUT2D eigenvalue weighted by Gasteiger charge is -2.53. The summed E-state index contributed by atoms with van der Waals surface area (Å²) in [5, 5.41) is 3.91. The predicted molar refractivity (Wildman–Crippen MR) is 133 cm³/mol. The summed E-state index contributed by atoms with van der Waals surface area (Å²) in [6, 6.07) is 0. The number of aryl methyl sites for hydroxylation is 1. The van der Waals surface area contributed by atoms with Crippen molar-refractivity contribution in [2.24, 2.45) is 29.1 Å². The Morgan fingerprint density at radius 2 is 1.88 bits per heavy atom. The number of ketones is 1. The molecule has 0 aromatic carbocycles. The second-order valence-electron chi connectivity index (χ2n) is 11.1. The lowest BCUT2D eigenvalue weighted by molar-refractivity contribution is -0.135. The third kappa shape index (κ3) is 5.26. The first-order valence-corrected chi connectivity index (χ1v) is 14.7. The Morgan fingerprint density at radius 1 is 1.18 bits per heavy atom. The lowest BCUT2D eigenvalue weighted by Crippen LogP contribution is -2.57. The molecular weight excluding hydrogens is 452 g/mol. The van der Waals surface area contributed by atoms with E-state index < -0.39 is 15.1 Å². The van der Waals surface area contributed by atoms with Crippen molar-refractivity contribution < 1.29 is 22.7 Å². The zero-order valence-electron chi connectivity index (χ0n) is 21.7. The highest BCUT2D eigenvalue weighted by atomic mass is 32.2. The monoisotopic (exact) mass is 494 g/mol. The number of Topliss-reactive ketones (excluding diaryl/α,β-unsaturated/α-hetero) is 1. The standard InChI is InChI=1S/C26H42N2O5S/c1-7-9-10-11-12-21(29)33-25-20(16-27-28(25)8-2)23(30)19-15-17(3)24-22(18(19)4)26(5,6)13-14-34(24,31)32/h16-19,22,24H,7-15H2,1-6H3. The number of nitrogens with zero attached hydrogens (tertiary/aromatic N) is 2. The van der Waals surface area contributed by atoms with Crippen LogP contribution in [0.1, 0.15) is 96.8 Å². The Balaban J connectivity index is 1.86. The van der Waals surface area contributed by atoms with Gasteiger partial charge in [-0.25, -0.2) is 13.1 Å². The number of ether oxygens (including phenoxy) is 1. The van der Waals surface area contributed by atoms with Crippen molar-refractivity contribution in [1.29, 1.82) is 0 Å². The number of sulfone groups is 1. The van der Waals surface area contributed by atoms with E-state index in [0.29, 0.717) is 31.4 Å². The Labute approximate surface area is 204 Å². The Bertz CT molecular complexity index is 997. The Morgan fingerprint density at radius 3 is 2.53 bits per heavy atom. The number of unbranched alkanes of at least 4 members (excludes halogenated alkanes) is 3. The van der Waals surface area contributed by atoms with Gasteiger partial charge >= 0.3 is 5.97 Å². The van der Waals surface area contributed by atoms with Crippen molar-refractivity contribution >= 4 is 21.6 Å². The van der Waals surface area contributed by atoms with Gasteiger partial charge in [-0.15, -0.1) is 0 Å². The van der Waals surface area contributed by atoms with Crippen LogP contribution < -0.4 is 4.74 Å². The molecule has 0 radical (unpaired) electrons. The average molecular weight is 495 g/mol. The van der Waals surface area contributed by atoms with Crippen LogP contribution in [0, 0.1) is 29.1 Å². The molecule has 1 saturated heterocycles. The molecule has 7 nitrogen and oxygen atoms in total. The summed E-state index contributed by atoms with van der Waals surface area (Å²) in [5.74, 6) is -0.610. The maximum absolute atomic E-state index is 13.8. The van der Waals surface area contributed by atoms with Gasteiger partial charge in [0.05, 0.1) is 17.2 Å². The average Bonchev–Trinajstić information content (AvgIpc) is 3.17. The van der Waals surface area contributed by atoms with Crippen molar-refractivity contribution in [3.8, 4) is 5.88 Å². The SMILES string of the molecule is CCCCCCC(=O)Oc1c(C(=O)C2CC(C)C3C(C2C)C(C)(C)CCS3(=O)=O)cnn1CC. The second kappa shape index (κ2) is 10.5. The van der Waals surface area contributed by atoms with E-state index in [4.69, 9.17) is 4.74 Å². The molecule has 1 aliphatic heterocycles. The van der Waals surface area contributed by atoms with Gasteiger partial charge < -0.3 is 4.74 Å². The van der Waals surface area contributed by atoms with Crippen molar-refractivity contribution in [1.82, 2.24) is 9.78 Å². The molecular formula is C26H42N2O5S. The number of aromatic nitrogens is 2. The van der Waals surface area contributed by atoms with Gasteiger partial charge in [-0.05, 0) is 49.4 Å². The fourth-order valence-corrected chi connectivity index (χ4v) is 9.34. The summed E-state index contributed by atoms with van der Waals surface area (Å²) < 4.78 is 33.2. The molecule has 192 valence electrons. The van der Waals surface area contributed by atoms with Crippen LogP contribution in [-0.2, 0) is 21.2 Å². The van der Waals surface area contributed by atoms with E-state index in [2.05, 4.69) is 25.9 Å². The van der Waals surface area contributed by atoms with E-state index in [-0.39, 0.29) is 52.5 Å². The van der Waals surface area contributed by atoms with Crippen LogP contribution in [0.4, 0.5) is 0 Å². The summed E-state index contributed by atoms with van der Waals surface area (Å²) in [7, 11) is -3.18. The molecule has 1 aliphatic carbocycles. The summed E-state index contributed by atoms with van der Waals surface area (Å²) in [4.78, 5) is 26.4. The molecule has 0 spiro atoms. The molecule has 3 rings (SSSR count). The molecule has 2 fully saturated rings. The van der Waals surface area contributed by atoms with Gasteiger partial charge in [-0.1, -0.05) is 53.9 Å². The molecule has 1 saturated carbocycles. The second-order valence-corrected chi connectivity index (χ2v) is 13.4. The molecule has 2 heterocycles. The fourth-order valence-electron chi connectivity index (χ4n) is 6.37. The molecule has 2 aliphatic rings. The number of hydrogen-bond acceptors (Lipinski definition) is 6. The van der Waals surface area contributed by atoms with Gasteiger partial charge in [0.25, 0.3) is 0 Å². The molecule has 34 heavy (non-hydrogen) atoms. The minimum Gasteiger partial charge on any atom is -0.407 e. The van der Waals surface area contributed by atoms with Crippen LogP contribution in [0.15, 0.2) is 6.20 Å². The summed E-state index contributed by atoms with van der Waals surface area (Å²) in [6.45, 7) is 12.8. The first-order valence-electron chi connectivity index (χ1n) is 13.0. The van der Waals surface area contributed by atoms with Gasteiger partial charge in [0.1, 0.15) is 5.56 Å². The van der Waals surface area contributed by atoms with E-state index in [1.165, 1.54) is 6.20 Å². The molecule has 0 amide bonds. The number of fused-ring (bicyclic) bond motifs is 1. The fraction of sp³-hybridized carbons (Fsp3) is 0.808. The Kier molecular flexibility index (Phi) is 8.31. The van der Waals surface area contributed by atoms with E-state index >= 15 is 0 Å². The van der Waals surface area contributed by atoms with Gasteiger partial charge in [-0.2, -0.15) is 5.10 Å². The number of rotatable bonds is 9. The number of esters is 1. The summed E-state index contributed by atoms with van der Waals surface area (Å²) in [6.07, 6.45) is 6.86. The highest BCUT2D eigenvalue weighted by molar-refractivity contribution is 7.92. The van der Waals surface area contributed by atoms with Crippen LogP contribution in [0.3, 0.4) is 0 Å². The number of hydrogen-bond donors (Lipinski definition) is 0. The van der Waals surface area contributed by atoms with Crippen LogP contribution >= 0.6 is 0 Å². The topological polar surface area (TPSA) is 95.3 Å². The van der Waals surface area contributed by atoms with E-state index in [0.717, 1.165) is 25.7 Å². The van der Waals surface area contributed by atoms with E-state index in [9.17, 15) is 18.0 Å². The molecule has 5 atom stereocenters. The third-order valence-corrected chi connectivity index (χ3v) is 10.6. The number of carbonyl (C=O) groups is 2. The minimum absolute atomic E-state index is 0.0882. The molecule has 8 heteroatoms. The zero-order valence-corrected chi connectivity index (χ0v) is 22.5. The first kappa shape index (κ1) is 26.9. The zero-order chi connectivity index (χ0) is 25.3. The van der Waals surface area contributed by atoms with Crippen LogP contribution in [-0.4, -0.2) is 41.0 Å². The maximum Gasteiger partial charge on any atom is 0.312 e. The quantitative estimate of drug-likeness (QED) is 0.270. The van der Waals surface area contributed by atoms with Crippen LogP contribution in [0.2, 0.25) is 0 Å². The van der Waals surface area contributed by atoms with Gasteiger partial charge in [-0.3, -0.25) is 9.59 Å². The third-order valence-electron chi connectivity index (χ3n) is 8.23. The van der Waals surface area contributed by atoms with E-state index in [1.807, 2.05) is 20.8 Å². The van der Waals surface area contributed by atoms with Crippen molar-refractivity contribution in [3.05, 3.63) is 11.8 Å². The normalized spacial score (nSPS) is 29.9. The lowest BCUT2D eigenvalue weighted by atomic mass is 9.57. The largest absolute Gasteiger partial charge is 0.407 e. The van der Waals surface area contributed by atoms with Crippen LogP contribution in [0.5, 0.6) is 5.88 Å². The number of carbonyl (C=O) groups excluding carboxylic acids is 2. The summed E-state index contributed by atoms with van der Waals surface area (Å²) in [5.41, 5.74) is 0.173. The predicted octanol–water partition coefficient (Wildman–Crippen LogP) is 5.08. The van der Waals surface area contributed by atoms with Crippen LogP contribution in [0.25, 0.3) is 0 Å². The molecule has 0 bridgehead atoms. The minimum atomic E-state index is -3.18. The molecule has 0 N–H and O–H groups in total. The van der Waals surface area contributed by atoms with Crippen molar-refractivity contribution in [2.45, 2.75) is 98.3 Å². The van der Waals surface area contributed by atoms with Crippen molar-refractivity contribution in [3.63, 3.8) is 0 Å². The first-order chi connectivity index (χ1) is 15.9. The molecule has 5 unspecified atom stereocenters. The molecule has 1 aromatic heterocycles. The Hall–Kier alpha value is -1.70.